The molecule has 0 aromatic heterocycles. The molecule has 0 saturated carbocycles. The molecule has 18 heavy (non-hydrogen) atoms. The summed E-state index contributed by atoms with van der Waals surface area (Å²) in [5.41, 5.74) is 4.72. The number of esters is 1. The Kier molecular flexibility index (Phi) is 2.63. The predicted molar refractivity (Wildman–Crippen MR) is 67.9 cm³/mol. The van der Waals surface area contributed by atoms with Gasteiger partial charge in [0.1, 0.15) is 13.5 Å². The van der Waals surface area contributed by atoms with E-state index in [2.05, 4.69) is 24.3 Å². The highest BCUT2D eigenvalue weighted by atomic mass is 16.5. The van der Waals surface area contributed by atoms with Gasteiger partial charge in [0.05, 0.1) is 0 Å². The summed E-state index contributed by atoms with van der Waals surface area (Å²) in [6.45, 7) is 7.08. The van der Waals surface area contributed by atoms with Crippen LogP contribution in [0.25, 0.3) is 11.1 Å². The van der Waals surface area contributed by atoms with Gasteiger partial charge < -0.3 is 4.74 Å². The molecule has 3 rings (SSSR count). The molecule has 0 N–H and O–H groups in total. The van der Waals surface area contributed by atoms with Crippen LogP contribution in [0.4, 0.5) is 0 Å². The summed E-state index contributed by atoms with van der Waals surface area (Å²) >= 11 is 0. The molecule has 1 aliphatic carbocycles. The first-order valence-corrected chi connectivity index (χ1v) is 5.84. The minimum atomic E-state index is -0.975. The van der Waals surface area contributed by atoms with Crippen molar-refractivity contribution in [2.24, 2.45) is 0 Å². The van der Waals surface area contributed by atoms with Crippen LogP contribution in [0, 0.1) is 6.92 Å². The molecule has 0 atom stereocenters. The molecule has 0 aliphatic heterocycles. The van der Waals surface area contributed by atoms with Crippen molar-refractivity contribution in [3.05, 3.63) is 66.6 Å². The van der Waals surface area contributed by atoms with Gasteiger partial charge in [-0.2, -0.15) is 0 Å². The number of benzene rings is 2. The smallest absolute Gasteiger partial charge is 0.315 e. The first-order valence-electron chi connectivity index (χ1n) is 5.84. The second-order valence-electron chi connectivity index (χ2n) is 4.33. The average Bonchev–Trinajstić information content (AvgIpc) is 2.71. The highest BCUT2D eigenvalue weighted by Gasteiger charge is 2.28. The van der Waals surface area contributed by atoms with E-state index >= 15 is 0 Å². The maximum absolute atomic E-state index is 10.7. The molecule has 1 aliphatic rings. The summed E-state index contributed by atoms with van der Waals surface area (Å²) in [7, 11) is 0. The topological polar surface area (TPSA) is 26.3 Å². The highest BCUT2D eigenvalue weighted by molar-refractivity contribution is 5.79. The van der Waals surface area contributed by atoms with Crippen molar-refractivity contribution in [1.82, 2.24) is 0 Å². The third kappa shape index (κ3) is 1.70. The Morgan fingerprint density at radius 3 is 2.00 bits per heavy atom. The molecule has 3 radical (unpaired) electrons. The van der Waals surface area contributed by atoms with Gasteiger partial charge in [-0.1, -0.05) is 48.5 Å². The summed E-state index contributed by atoms with van der Waals surface area (Å²) in [5.74, 6) is -0.927. The lowest BCUT2D eigenvalue weighted by Crippen LogP contribution is -2.09. The molecular weight excluding hydrogens is 224 g/mol. The lowest BCUT2D eigenvalue weighted by Gasteiger charge is -2.12. The van der Waals surface area contributed by atoms with Crippen LogP contribution in [0.2, 0.25) is 0 Å². The molecule has 0 fully saturated rings. The van der Waals surface area contributed by atoms with Crippen molar-refractivity contribution in [2.75, 3.05) is 6.61 Å². The zero-order valence-corrected chi connectivity index (χ0v) is 9.72. The van der Waals surface area contributed by atoms with E-state index in [4.69, 9.17) is 11.7 Å². The number of rotatable bonds is 2. The van der Waals surface area contributed by atoms with Gasteiger partial charge in [0.15, 0.2) is 0 Å². The van der Waals surface area contributed by atoms with Gasteiger partial charge in [0.2, 0.25) is 0 Å². The highest BCUT2D eigenvalue weighted by Crippen LogP contribution is 2.44. The van der Waals surface area contributed by atoms with Crippen LogP contribution in [0.5, 0.6) is 0 Å². The minimum Gasteiger partial charge on any atom is -0.464 e. The van der Waals surface area contributed by atoms with E-state index in [0.29, 0.717) is 0 Å². The Balaban J connectivity index is 2.06. The summed E-state index contributed by atoms with van der Waals surface area (Å²) in [5, 5.41) is 0. The van der Waals surface area contributed by atoms with E-state index < -0.39 is 5.97 Å². The molecule has 0 heterocycles. The van der Waals surface area contributed by atoms with Gasteiger partial charge in [-0.15, -0.1) is 0 Å². The van der Waals surface area contributed by atoms with E-state index in [9.17, 15) is 4.79 Å². The monoisotopic (exact) mass is 235 g/mol. The number of carbonyl (C=O) groups is 1. The van der Waals surface area contributed by atoms with Crippen LogP contribution in [-0.2, 0) is 9.53 Å². The Bertz CT molecular complexity index is 556. The molecule has 2 heteroatoms. The predicted octanol–water partition coefficient (Wildman–Crippen LogP) is 2.93. The third-order valence-corrected chi connectivity index (χ3v) is 3.34. The molecule has 0 bridgehead atoms. The quantitative estimate of drug-likeness (QED) is 0.748. The van der Waals surface area contributed by atoms with Crippen LogP contribution < -0.4 is 0 Å². The number of hydrogen-bond donors (Lipinski definition) is 0. The fraction of sp³-hybridized carbons (Fsp3) is 0.125. The first-order chi connectivity index (χ1) is 8.77. The zero-order valence-electron chi connectivity index (χ0n) is 9.72. The van der Waals surface area contributed by atoms with E-state index in [0.717, 1.165) is 0 Å². The van der Waals surface area contributed by atoms with Crippen molar-refractivity contribution in [3.63, 3.8) is 0 Å². The SMILES string of the molecule is [C]C(=O)OCC1c2ccccc2-c2ccccc21. The maximum atomic E-state index is 10.7. The number of fused-ring (bicyclic) bond motifs is 3. The Morgan fingerprint density at radius 1 is 1.00 bits per heavy atom. The van der Waals surface area contributed by atoms with Gasteiger partial charge in [-0.3, -0.25) is 4.79 Å². The number of ether oxygens (including phenoxy) is 1. The van der Waals surface area contributed by atoms with Crippen molar-refractivity contribution in [2.45, 2.75) is 5.92 Å². The van der Waals surface area contributed by atoms with Crippen molar-refractivity contribution >= 4 is 5.97 Å². The van der Waals surface area contributed by atoms with Gasteiger partial charge in [-0.05, 0) is 22.3 Å². The van der Waals surface area contributed by atoms with Crippen LogP contribution in [-0.4, -0.2) is 12.6 Å². The zero-order chi connectivity index (χ0) is 12.5. The van der Waals surface area contributed by atoms with Crippen LogP contribution in [0.15, 0.2) is 48.5 Å². The Hall–Kier alpha value is -2.09. The van der Waals surface area contributed by atoms with Gasteiger partial charge in [0.25, 0.3) is 0 Å². The average molecular weight is 235 g/mol. The maximum Gasteiger partial charge on any atom is 0.315 e. The molecular formula is C16H11O2. The molecule has 87 valence electrons. The van der Waals surface area contributed by atoms with Crippen LogP contribution >= 0.6 is 0 Å². The number of hydrogen-bond acceptors (Lipinski definition) is 2. The summed E-state index contributed by atoms with van der Waals surface area (Å²) in [6.07, 6.45) is 0. The second kappa shape index (κ2) is 4.30. The summed E-state index contributed by atoms with van der Waals surface area (Å²) in [6, 6.07) is 16.3. The lowest BCUT2D eigenvalue weighted by molar-refractivity contribution is -0.138. The fourth-order valence-electron chi connectivity index (χ4n) is 2.60. The first kappa shape index (κ1) is 11.0. The van der Waals surface area contributed by atoms with E-state index in [1.54, 1.807) is 0 Å². The molecule has 0 unspecified atom stereocenters. The molecule has 2 aromatic carbocycles. The van der Waals surface area contributed by atoms with E-state index in [1.165, 1.54) is 22.3 Å². The third-order valence-electron chi connectivity index (χ3n) is 3.34. The van der Waals surface area contributed by atoms with Gasteiger partial charge >= 0.3 is 5.97 Å². The van der Waals surface area contributed by atoms with Gasteiger partial charge in [0, 0.05) is 5.92 Å². The largest absolute Gasteiger partial charge is 0.464 e. The molecule has 2 aromatic rings. The molecule has 0 amide bonds. The van der Waals surface area contributed by atoms with Crippen LogP contribution in [0.3, 0.4) is 0 Å². The van der Waals surface area contributed by atoms with Crippen molar-refractivity contribution < 1.29 is 9.53 Å². The molecule has 0 saturated heterocycles. The fourth-order valence-corrected chi connectivity index (χ4v) is 2.60. The Labute approximate surface area is 106 Å². The lowest BCUT2D eigenvalue weighted by atomic mass is 9.98. The molecule has 2 nitrogen and oxygen atoms in total. The normalized spacial score (nSPS) is 12.9. The second-order valence-corrected chi connectivity index (χ2v) is 4.33. The van der Waals surface area contributed by atoms with Crippen molar-refractivity contribution in [1.29, 1.82) is 0 Å². The molecule has 0 spiro atoms. The van der Waals surface area contributed by atoms with E-state index in [1.807, 2.05) is 24.3 Å². The minimum absolute atomic E-state index is 0.0479. The number of carbonyl (C=O) groups excluding carboxylic acids is 1. The van der Waals surface area contributed by atoms with E-state index in [-0.39, 0.29) is 12.5 Å². The van der Waals surface area contributed by atoms with Crippen LogP contribution in [0.1, 0.15) is 17.0 Å². The van der Waals surface area contributed by atoms with Gasteiger partial charge in [-0.25, -0.2) is 0 Å². The summed E-state index contributed by atoms with van der Waals surface area (Å²) < 4.78 is 4.87. The summed E-state index contributed by atoms with van der Waals surface area (Å²) in [4.78, 5) is 10.7. The van der Waals surface area contributed by atoms with Crippen molar-refractivity contribution in [3.8, 4) is 11.1 Å². The Morgan fingerprint density at radius 2 is 1.50 bits per heavy atom. The standard InChI is InChI=1S/C16H11O2/c1-11(17)18-10-16-14-8-4-2-6-12(14)13-7-3-5-9-15(13)16/h2-9,16H,10H2.